The largest absolute Gasteiger partial charge is 0.329 e. The van der Waals surface area contributed by atoms with Crippen LogP contribution in [0.3, 0.4) is 0 Å². The van der Waals surface area contributed by atoms with Crippen molar-refractivity contribution < 1.29 is 4.79 Å². The quantitative estimate of drug-likeness (QED) is 0.591. The number of carbonyl (C=O) groups excluding carboxylic acids is 1. The second-order valence-electron chi connectivity index (χ2n) is 3.08. The molecule has 1 N–H and O–H groups in total. The lowest BCUT2D eigenvalue weighted by Gasteiger charge is -1.97. The zero-order valence-electron chi connectivity index (χ0n) is 9.22. The smallest absolute Gasteiger partial charge is 0.328 e. The number of nitrogens with one attached hydrogen (secondary N) is 1. The summed E-state index contributed by atoms with van der Waals surface area (Å²) in [6.45, 7) is 1.44. The standard InChI is InChI=1S/C7H8N4O2.C2H4O/c1-10-3-8-5-4(10)6(12)9-7(13)11(5)2;1-2-3/h3H,1-2H3,(H,9,12,13);2H,1H3. The highest BCUT2D eigenvalue weighted by atomic mass is 16.2. The van der Waals surface area contributed by atoms with Gasteiger partial charge in [0.15, 0.2) is 11.2 Å². The van der Waals surface area contributed by atoms with Crippen molar-refractivity contribution >= 4 is 17.5 Å². The van der Waals surface area contributed by atoms with Crippen molar-refractivity contribution in [2.45, 2.75) is 6.92 Å². The first-order chi connectivity index (χ1) is 7.52. The first-order valence-corrected chi connectivity index (χ1v) is 4.53. The molecule has 2 aromatic heterocycles. The molecule has 7 nitrogen and oxygen atoms in total. The van der Waals surface area contributed by atoms with Crippen LogP contribution in [0, 0.1) is 0 Å². The zero-order valence-corrected chi connectivity index (χ0v) is 9.22. The molecule has 86 valence electrons. The summed E-state index contributed by atoms with van der Waals surface area (Å²) < 4.78 is 2.88. The molecule has 0 saturated carbocycles. The molecule has 0 unspecified atom stereocenters. The lowest BCUT2D eigenvalue weighted by molar-refractivity contribution is -0.106. The van der Waals surface area contributed by atoms with E-state index >= 15 is 0 Å². The Morgan fingerprint density at radius 2 is 1.94 bits per heavy atom. The Balaban J connectivity index is 0.000000386. The number of imidazole rings is 1. The number of carbonyl (C=O) groups is 1. The highest BCUT2D eigenvalue weighted by molar-refractivity contribution is 5.69. The van der Waals surface area contributed by atoms with Gasteiger partial charge in [-0.3, -0.25) is 14.3 Å². The van der Waals surface area contributed by atoms with Crippen molar-refractivity contribution in [3.63, 3.8) is 0 Å². The van der Waals surface area contributed by atoms with Gasteiger partial charge >= 0.3 is 5.69 Å². The van der Waals surface area contributed by atoms with Crippen LogP contribution in [0.25, 0.3) is 11.2 Å². The van der Waals surface area contributed by atoms with E-state index in [4.69, 9.17) is 4.79 Å². The fourth-order valence-electron chi connectivity index (χ4n) is 1.26. The minimum Gasteiger partial charge on any atom is -0.328 e. The minimum atomic E-state index is -0.448. The van der Waals surface area contributed by atoms with E-state index in [2.05, 4.69) is 9.97 Å². The normalized spacial score (nSPS) is 9.69. The summed E-state index contributed by atoms with van der Waals surface area (Å²) in [5.41, 5.74) is -0.0485. The maximum atomic E-state index is 11.3. The van der Waals surface area contributed by atoms with Crippen molar-refractivity contribution in [2.24, 2.45) is 14.1 Å². The molecule has 0 fully saturated rings. The van der Waals surface area contributed by atoms with E-state index in [1.54, 1.807) is 18.7 Å². The van der Waals surface area contributed by atoms with Gasteiger partial charge in [0.1, 0.15) is 6.29 Å². The Morgan fingerprint density at radius 1 is 1.38 bits per heavy atom. The van der Waals surface area contributed by atoms with Gasteiger partial charge < -0.3 is 9.36 Å². The van der Waals surface area contributed by atoms with Crippen LogP contribution in [0.15, 0.2) is 15.9 Å². The molecule has 2 heterocycles. The number of aldehydes is 1. The number of aromatic nitrogens is 4. The van der Waals surface area contributed by atoms with Crippen LogP contribution in [0.1, 0.15) is 6.92 Å². The van der Waals surface area contributed by atoms with E-state index in [1.165, 1.54) is 17.8 Å². The van der Waals surface area contributed by atoms with Gasteiger partial charge in [-0.1, -0.05) is 0 Å². The van der Waals surface area contributed by atoms with Crippen molar-refractivity contribution in [1.29, 1.82) is 0 Å². The first kappa shape index (κ1) is 11.9. The van der Waals surface area contributed by atoms with Crippen LogP contribution in [-0.4, -0.2) is 25.4 Å². The van der Waals surface area contributed by atoms with Gasteiger partial charge in [-0.2, -0.15) is 0 Å². The summed E-state index contributed by atoms with van der Waals surface area (Å²) in [7, 11) is 3.27. The van der Waals surface area contributed by atoms with Gasteiger partial charge in [-0.15, -0.1) is 0 Å². The number of hydrogen-bond donors (Lipinski definition) is 1. The minimum absolute atomic E-state index is 0.399. The second-order valence-corrected chi connectivity index (χ2v) is 3.08. The van der Waals surface area contributed by atoms with Crippen LogP contribution in [-0.2, 0) is 18.9 Å². The van der Waals surface area contributed by atoms with E-state index in [0.717, 1.165) is 6.29 Å². The molecular weight excluding hydrogens is 212 g/mol. The SMILES string of the molecule is CC=O.Cn1cnc2c1c(=O)[nH]c(=O)n2C. The number of H-pyrrole nitrogens is 1. The second kappa shape index (κ2) is 4.56. The van der Waals surface area contributed by atoms with Crippen LogP contribution < -0.4 is 11.2 Å². The van der Waals surface area contributed by atoms with Crippen molar-refractivity contribution in [2.75, 3.05) is 0 Å². The van der Waals surface area contributed by atoms with Gasteiger partial charge in [0.25, 0.3) is 5.56 Å². The van der Waals surface area contributed by atoms with Gasteiger partial charge in [0, 0.05) is 14.1 Å². The summed E-state index contributed by atoms with van der Waals surface area (Å²) in [6, 6.07) is 0. The molecule has 0 aliphatic carbocycles. The summed E-state index contributed by atoms with van der Waals surface area (Å²) in [4.78, 5) is 37.4. The topological polar surface area (TPSA) is 89.8 Å². The molecule has 7 heteroatoms. The number of rotatable bonds is 0. The predicted octanol–water partition coefficient (Wildman–Crippen LogP) is -0.834. The number of fused-ring (bicyclic) bond motifs is 1. The number of aromatic amines is 1. The molecule has 16 heavy (non-hydrogen) atoms. The van der Waals surface area contributed by atoms with E-state index < -0.39 is 11.2 Å². The number of hydrogen-bond acceptors (Lipinski definition) is 4. The first-order valence-electron chi connectivity index (χ1n) is 4.53. The third-order valence-electron chi connectivity index (χ3n) is 1.98. The third-order valence-corrected chi connectivity index (χ3v) is 1.98. The fourth-order valence-corrected chi connectivity index (χ4v) is 1.26. The van der Waals surface area contributed by atoms with E-state index in [9.17, 15) is 9.59 Å². The molecule has 0 bridgehead atoms. The molecular formula is C9H12N4O3. The Kier molecular flexibility index (Phi) is 3.39. The zero-order chi connectivity index (χ0) is 12.3. The highest BCUT2D eigenvalue weighted by Crippen LogP contribution is 2.00. The summed E-state index contributed by atoms with van der Waals surface area (Å²) in [5, 5.41) is 0. The van der Waals surface area contributed by atoms with E-state index in [0.29, 0.717) is 11.2 Å². The third kappa shape index (κ3) is 1.92. The molecule has 0 aliphatic rings. The Bertz CT molecular complexity index is 620. The monoisotopic (exact) mass is 224 g/mol. The van der Waals surface area contributed by atoms with Crippen LogP contribution in [0.2, 0.25) is 0 Å². The number of aryl methyl sites for hydroxylation is 2. The van der Waals surface area contributed by atoms with Gasteiger partial charge in [-0.05, 0) is 6.92 Å². The van der Waals surface area contributed by atoms with E-state index in [-0.39, 0.29) is 0 Å². The lowest BCUT2D eigenvalue weighted by atomic mass is 10.5. The Hall–Kier alpha value is -2.18. The Morgan fingerprint density at radius 3 is 2.50 bits per heavy atom. The number of nitrogens with zero attached hydrogens (tertiary/aromatic N) is 3. The molecule has 0 aromatic carbocycles. The Labute approximate surface area is 90.4 Å². The maximum Gasteiger partial charge on any atom is 0.329 e. The van der Waals surface area contributed by atoms with Crippen LogP contribution in [0.5, 0.6) is 0 Å². The molecule has 2 aromatic rings. The summed E-state index contributed by atoms with van der Waals surface area (Å²) >= 11 is 0. The van der Waals surface area contributed by atoms with Crippen LogP contribution >= 0.6 is 0 Å². The molecule has 2 rings (SSSR count). The van der Waals surface area contributed by atoms with Gasteiger partial charge in [0.2, 0.25) is 0 Å². The van der Waals surface area contributed by atoms with Crippen molar-refractivity contribution in [1.82, 2.24) is 19.1 Å². The summed E-state index contributed by atoms with van der Waals surface area (Å²) in [5.74, 6) is 0. The van der Waals surface area contributed by atoms with E-state index in [1.807, 2.05) is 0 Å². The maximum absolute atomic E-state index is 11.3. The van der Waals surface area contributed by atoms with Gasteiger partial charge in [0.05, 0.1) is 6.33 Å². The van der Waals surface area contributed by atoms with Gasteiger partial charge in [-0.25, -0.2) is 9.78 Å². The molecule has 0 amide bonds. The molecule has 0 atom stereocenters. The molecule has 0 spiro atoms. The summed E-state index contributed by atoms with van der Waals surface area (Å²) in [6.07, 6.45) is 2.25. The molecule has 0 radical (unpaired) electrons. The van der Waals surface area contributed by atoms with Crippen LogP contribution in [0.4, 0.5) is 0 Å². The highest BCUT2D eigenvalue weighted by Gasteiger charge is 2.08. The van der Waals surface area contributed by atoms with Crippen molar-refractivity contribution in [3.05, 3.63) is 27.2 Å². The molecule has 0 aliphatic heterocycles. The lowest BCUT2D eigenvalue weighted by Crippen LogP contribution is -2.28. The fraction of sp³-hybridized carbons (Fsp3) is 0.333. The average Bonchev–Trinajstić information content (AvgIpc) is 2.59. The predicted molar refractivity (Wildman–Crippen MR) is 58.3 cm³/mol. The molecule has 0 saturated heterocycles. The average molecular weight is 224 g/mol. The van der Waals surface area contributed by atoms with Crippen molar-refractivity contribution in [3.8, 4) is 0 Å².